The summed E-state index contributed by atoms with van der Waals surface area (Å²) in [4.78, 5) is 15.6. The van der Waals surface area contributed by atoms with Crippen LogP contribution in [0.3, 0.4) is 0 Å². The lowest BCUT2D eigenvalue weighted by atomic mass is 10.1. The van der Waals surface area contributed by atoms with Gasteiger partial charge in [-0.3, -0.25) is 9.69 Å². The van der Waals surface area contributed by atoms with Crippen molar-refractivity contribution in [2.45, 2.75) is 19.3 Å². The van der Waals surface area contributed by atoms with Crippen molar-refractivity contribution in [3.05, 3.63) is 162 Å². The fourth-order valence-corrected chi connectivity index (χ4v) is 4.95. The lowest BCUT2D eigenvalue weighted by Crippen LogP contribution is -2.30. The Bertz CT molecular complexity index is 1670. The van der Waals surface area contributed by atoms with Crippen LogP contribution in [-0.2, 0) is 18.0 Å². The largest absolute Gasteiger partial charge is 0.497 e. The second-order valence-corrected chi connectivity index (χ2v) is 10.2. The third-order valence-corrected chi connectivity index (χ3v) is 7.25. The summed E-state index contributed by atoms with van der Waals surface area (Å²) < 4.78 is 17.2. The lowest BCUT2D eigenvalue weighted by Gasteiger charge is -2.25. The zero-order valence-corrected chi connectivity index (χ0v) is 23.9. The van der Waals surface area contributed by atoms with Crippen LogP contribution in [0.2, 0.25) is 0 Å². The fourth-order valence-electron chi connectivity index (χ4n) is 4.95. The number of amides is 1. The minimum Gasteiger partial charge on any atom is -0.497 e. The standard InChI is InChI=1S/C37H32N2O4/c1-41-32-18-12-29(13-19-32)36-24-35(38-30-14-20-33(21-15-30)42-25-27-8-4-2-5-9-27)37(40)39(36)31-16-22-34(23-17-31)43-26-28-10-6-3-7-11-28/h2-24,36,38H,25-26H2,1H3/t36-/m1/s1. The molecule has 0 aromatic heterocycles. The molecule has 6 heteroatoms. The highest BCUT2D eigenvalue weighted by atomic mass is 16.5. The monoisotopic (exact) mass is 568 g/mol. The number of nitrogens with one attached hydrogen (secondary N) is 1. The molecule has 6 nitrogen and oxygen atoms in total. The lowest BCUT2D eigenvalue weighted by molar-refractivity contribution is -0.114. The van der Waals surface area contributed by atoms with Gasteiger partial charge in [-0.2, -0.15) is 0 Å². The van der Waals surface area contributed by atoms with E-state index in [4.69, 9.17) is 14.2 Å². The van der Waals surface area contributed by atoms with Gasteiger partial charge in [0.2, 0.25) is 0 Å². The molecule has 1 atom stereocenters. The van der Waals surface area contributed by atoms with Crippen LogP contribution in [-0.4, -0.2) is 13.0 Å². The number of benzene rings is 5. The number of carbonyl (C=O) groups excluding carboxylic acids is 1. The van der Waals surface area contributed by atoms with E-state index < -0.39 is 0 Å². The summed E-state index contributed by atoms with van der Waals surface area (Å²) in [5.74, 6) is 2.13. The SMILES string of the molecule is COc1ccc([C@H]2C=C(Nc3ccc(OCc4ccccc4)cc3)C(=O)N2c2ccc(OCc3ccccc3)cc2)cc1. The Balaban J connectivity index is 1.19. The molecule has 0 spiro atoms. The highest BCUT2D eigenvalue weighted by molar-refractivity contribution is 6.11. The molecule has 0 radical (unpaired) electrons. The highest BCUT2D eigenvalue weighted by Crippen LogP contribution is 2.37. The predicted octanol–water partition coefficient (Wildman–Crippen LogP) is 7.94. The van der Waals surface area contributed by atoms with Crippen molar-refractivity contribution in [3.63, 3.8) is 0 Å². The fraction of sp³-hybridized carbons (Fsp3) is 0.108. The Morgan fingerprint density at radius 3 is 1.67 bits per heavy atom. The van der Waals surface area contributed by atoms with Gasteiger partial charge in [-0.25, -0.2) is 0 Å². The number of ether oxygens (including phenoxy) is 3. The van der Waals surface area contributed by atoms with Crippen molar-refractivity contribution < 1.29 is 19.0 Å². The summed E-state index contributed by atoms with van der Waals surface area (Å²) in [7, 11) is 1.64. The van der Waals surface area contributed by atoms with Crippen molar-refractivity contribution in [3.8, 4) is 17.2 Å². The molecular formula is C37H32N2O4. The van der Waals surface area contributed by atoms with Gasteiger partial charge in [0.05, 0.1) is 13.2 Å². The normalized spacial score (nSPS) is 14.3. The van der Waals surface area contributed by atoms with Crippen molar-refractivity contribution in [1.29, 1.82) is 0 Å². The van der Waals surface area contributed by atoms with Crippen LogP contribution in [0.15, 0.2) is 145 Å². The van der Waals surface area contributed by atoms with E-state index in [9.17, 15) is 4.79 Å². The van der Waals surface area contributed by atoms with E-state index in [-0.39, 0.29) is 11.9 Å². The Kier molecular flexibility index (Phi) is 8.36. The zero-order chi connectivity index (χ0) is 29.4. The number of hydrogen-bond acceptors (Lipinski definition) is 5. The maximum absolute atomic E-state index is 13.9. The quantitative estimate of drug-likeness (QED) is 0.175. The Morgan fingerprint density at radius 2 is 1.14 bits per heavy atom. The zero-order valence-electron chi connectivity index (χ0n) is 23.9. The Hall–Kier alpha value is -5.49. The molecule has 6 rings (SSSR count). The van der Waals surface area contributed by atoms with Crippen LogP contribution < -0.4 is 24.4 Å². The molecule has 0 fully saturated rings. The third kappa shape index (κ3) is 6.71. The summed E-state index contributed by atoms with van der Waals surface area (Å²) in [5.41, 5.74) is 5.24. The first-order chi connectivity index (χ1) is 21.2. The van der Waals surface area contributed by atoms with Gasteiger partial charge in [0.15, 0.2) is 0 Å². The van der Waals surface area contributed by atoms with Gasteiger partial charge in [0, 0.05) is 11.4 Å². The molecule has 214 valence electrons. The average molecular weight is 569 g/mol. The smallest absolute Gasteiger partial charge is 0.275 e. The second-order valence-electron chi connectivity index (χ2n) is 10.2. The maximum atomic E-state index is 13.9. The third-order valence-electron chi connectivity index (χ3n) is 7.25. The van der Waals surface area contributed by atoms with E-state index in [0.717, 1.165) is 45.3 Å². The summed E-state index contributed by atoms with van der Waals surface area (Å²) in [6, 6.07) is 42.8. The van der Waals surface area contributed by atoms with Crippen molar-refractivity contribution in [2.75, 3.05) is 17.3 Å². The van der Waals surface area contributed by atoms with E-state index in [0.29, 0.717) is 18.9 Å². The van der Waals surface area contributed by atoms with E-state index in [1.807, 2.05) is 140 Å². The number of carbonyl (C=O) groups is 1. The number of nitrogens with zero attached hydrogens (tertiary/aromatic N) is 1. The minimum atomic E-state index is -0.300. The van der Waals surface area contributed by atoms with Crippen LogP contribution in [0.5, 0.6) is 17.2 Å². The minimum absolute atomic E-state index is 0.122. The van der Waals surface area contributed by atoms with E-state index in [1.54, 1.807) is 12.0 Å². The van der Waals surface area contributed by atoms with Gasteiger partial charge < -0.3 is 19.5 Å². The first-order valence-corrected chi connectivity index (χ1v) is 14.2. The van der Waals surface area contributed by atoms with Gasteiger partial charge in [0.1, 0.15) is 36.2 Å². The Morgan fingerprint density at radius 1 is 0.628 bits per heavy atom. The first kappa shape index (κ1) is 27.7. The number of methoxy groups -OCH3 is 1. The molecule has 1 aliphatic rings. The van der Waals surface area contributed by atoms with E-state index >= 15 is 0 Å². The molecule has 1 N–H and O–H groups in total. The van der Waals surface area contributed by atoms with Gasteiger partial charge in [-0.1, -0.05) is 72.8 Å². The van der Waals surface area contributed by atoms with Gasteiger partial charge >= 0.3 is 0 Å². The molecule has 0 saturated heterocycles. The molecule has 5 aromatic rings. The van der Waals surface area contributed by atoms with Crippen LogP contribution >= 0.6 is 0 Å². The number of anilines is 2. The van der Waals surface area contributed by atoms with Crippen LogP contribution in [0.25, 0.3) is 0 Å². The molecule has 0 aliphatic carbocycles. The van der Waals surface area contributed by atoms with E-state index in [1.165, 1.54) is 0 Å². The van der Waals surface area contributed by atoms with E-state index in [2.05, 4.69) is 5.32 Å². The van der Waals surface area contributed by atoms with Crippen molar-refractivity contribution >= 4 is 17.3 Å². The molecule has 0 bridgehead atoms. The molecule has 1 heterocycles. The van der Waals surface area contributed by atoms with Crippen molar-refractivity contribution in [1.82, 2.24) is 0 Å². The predicted molar refractivity (Wildman–Crippen MR) is 169 cm³/mol. The number of rotatable bonds is 11. The highest BCUT2D eigenvalue weighted by Gasteiger charge is 2.35. The molecule has 1 aliphatic heterocycles. The van der Waals surface area contributed by atoms with Gasteiger partial charge in [-0.05, 0) is 83.4 Å². The molecule has 0 saturated carbocycles. The molecule has 5 aromatic carbocycles. The van der Waals surface area contributed by atoms with Crippen LogP contribution in [0.4, 0.5) is 11.4 Å². The molecule has 1 amide bonds. The summed E-state index contributed by atoms with van der Waals surface area (Å²) >= 11 is 0. The Labute approximate surface area is 251 Å². The average Bonchev–Trinajstić information content (AvgIpc) is 3.39. The van der Waals surface area contributed by atoms with Crippen LogP contribution in [0, 0.1) is 0 Å². The second kappa shape index (κ2) is 13.0. The summed E-state index contributed by atoms with van der Waals surface area (Å²) in [6.07, 6.45) is 1.96. The first-order valence-electron chi connectivity index (χ1n) is 14.2. The maximum Gasteiger partial charge on any atom is 0.275 e. The number of hydrogen-bond donors (Lipinski definition) is 1. The summed E-state index contributed by atoms with van der Waals surface area (Å²) in [5, 5.41) is 3.33. The molecule has 43 heavy (non-hydrogen) atoms. The topological polar surface area (TPSA) is 60.0 Å². The molecule has 0 unspecified atom stereocenters. The van der Waals surface area contributed by atoms with Crippen molar-refractivity contribution in [2.24, 2.45) is 0 Å². The molecular weight excluding hydrogens is 536 g/mol. The van der Waals surface area contributed by atoms with Crippen LogP contribution in [0.1, 0.15) is 22.7 Å². The summed E-state index contributed by atoms with van der Waals surface area (Å²) in [6.45, 7) is 0.967. The van der Waals surface area contributed by atoms with Gasteiger partial charge in [-0.15, -0.1) is 0 Å². The van der Waals surface area contributed by atoms with Gasteiger partial charge in [0.25, 0.3) is 5.91 Å².